The van der Waals surface area contributed by atoms with Crippen LogP contribution in [0.3, 0.4) is 0 Å². The lowest BCUT2D eigenvalue weighted by Gasteiger charge is -2.40. The molecule has 5 nitrogen and oxygen atoms in total. The molecule has 162 valence electrons. The van der Waals surface area contributed by atoms with Gasteiger partial charge in [0, 0.05) is 61.4 Å². The minimum Gasteiger partial charge on any atom is -0.344 e. The maximum absolute atomic E-state index is 13.5. The van der Waals surface area contributed by atoms with E-state index in [1.165, 1.54) is 37.6 Å². The molecule has 3 fully saturated rings. The number of fused-ring (bicyclic) bond motifs is 1. The Morgan fingerprint density at radius 3 is 2.27 bits per heavy atom. The van der Waals surface area contributed by atoms with Gasteiger partial charge in [0.15, 0.2) is 0 Å². The Balaban J connectivity index is 1.33. The molecular weight excluding hydrogens is 372 g/mol. The molecule has 1 saturated heterocycles. The SMILES string of the molecule is N[C@H]1CC[C@H](n2cc(C(=O)N3CCN(C4CCCCC4)CC3)c3ccccc32)CC1. The number of nitrogens with zero attached hydrogens (tertiary/aromatic N) is 3. The predicted molar refractivity (Wildman–Crippen MR) is 122 cm³/mol. The van der Waals surface area contributed by atoms with Crippen molar-refractivity contribution in [3.63, 3.8) is 0 Å². The van der Waals surface area contributed by atoms with Crippen LogP contribution in [0.25, 0.3) is 10.9 Å². The Labute approximate surface area is 180 Å². The van der Waals surface area contributed by atoms with Crippen molar-refractivity contribution in [1.29, 1.82) is 0 Å². The molecule has 0 bridgehead atoms. The summed E-state index contributed by atoms with van der Waals surface area (Å²) in [5.41, 5.74) is 8.21. The van der Waals surface area contributed by atoms with E-state index in [9.17, 15) is 4.79 Å². The first-order valence-corrected chi connectivity index (χ1v) is 12.1. The molecule has 0 unspecified atom stereocenters. The Bertz CT molecular complexity index is 868. The van der Waals surface area contributed by atoms with Crippen molar-refractivity contribution in [3.8, 4) is 0 Å². The molecule has 1 amide bonds. The van der Waals surface area contributed by atoms with E-state index in [1.54, 1.807) is 0 Å². The van der Waals surface area contributed by atoms with Gasteiger partial charge >= 0.3 is 0 Å². The summed E-state index contributed by atoms with van der Waals surface area (Å²) in [7, 11) is 0. The zero-order valence-corrected chi connectivity index (χ0v) is 18.1. The molecule has 2 N–H and O–H groups in total. The third-order valence-corrected chi connectivity index (χ3v) is 7.80. The number of hydrogen-bond donors (Lipinski definition) is 1. The lowest BCUT2D eigenvalue weighted by molar-refractivity contribution is 0.0524. The first-order chi connectivity index (χ1) is 14.7. The molecule has 2 saturated carbocycles. The van der Waals surface area contributed by atoms with Crippen LogP contribution < -0.4 is 5.73 Å². The van der Waals surface area contributed by atoms with Gasteiger partial charge in [0.05, 0.1) is 5.56 Å². The van der Waals surface area contributed by atoms with E-state index in [4.69, 9.17) is 5.73 Å². The Morgan fingerprint density at radius 1 is 0.833 bits per heavy atom. The molecule has 0 spiro atoms. The Morgan fingerprint density at radius 2 is 1.53 bits per heavy atom. The summed E-state index contributed by atoms with van der Waals surface area (Å²) < 4.78 is 2.37. The topological polar surface area (TPSA) is 54.5 Å². The van der Waals surface area contributed by atoms with Crippen molar-refractivity contribution < 1.29 is 4.79 Å². The highest BCUT2D eigenvalue weighted by atomic mass is 16.2. The monoisotopic (exact) mass is 408 g/mol. The molecule has 0 atom stereocenters. The first-order valence-electron chi connectivity index (χ1n) is 12.1. The van der Waals surface area contributed by atoms with Crippen molar-refractivity contribution in [2.45, 2.75) is 75.9 Å². The largest absolute Gasteiger partial charge is 0.344 e. The normalized spacial score (nSPS) is 26.9. The minimum absolute atomic E-state index is 0.209. The van der Waals surface area contributed by atoms with Crippen LogP contribution in [0.1, 0.15) is 74.2 Å². The molecule has 0 radical (unpaired) electrons. The lowest BCUT2D eigenvalue weighted by atomic mass is 9.91. The second-order valence-electron chi connectivity index (χ2n) is 9.66. The number of nitrogens with two attached hydrogens (primary N) is 1. The van der Waals surface area contributed by atoms with Crippen molar-refractivity contribution in [2.75, 3.05) is 26.2 Å². The maximum atomic E-state index is 13.5. The van der Waals surface area contributed by atoms with Gasteiger partial charge in [-0.25, -0.2) is 0 Å². The van der Waals surface area contributed by atoms with Crippen LogP contribution in [-0.4, -0.2) is 58.5 Å². The van der Waals surface area contributed by atoms with E-state index in [1.807, 2.05) is 0 Å². The fourth-order valence-corrected chi connectivity index (χ4v) is 5.96. The third-order valence-electron chi connectivity index (χ3n) is 7.80. The van der Waals surface area contributed by atoms with Gasteiger partial charge in [-0.15, -0.1) is 0 Å². The highest BCUT2D eigenvalue weighted by molar-refractivity contribution is 6.07. The second kappa shape index (κ2) is 8.72. The molecule has 1 aliphatic heterocycles. The van der Waals surface area contributed by atoms with Gasteiger partial charge < -0.3 is 15.2 Å². The van der Waals surface area contributed by atoms with Gasteiger partial charge in [-0.05, 0) is 44.6 Å². The molecule has 30 heavy (non-hydrogen) atoms. The van der Waals surface area contributed by atoms with Gasteiger partial charge in [-0.2, -0.15) is 0 Å². The predicted octanol–water partition coefficient (Wildman–Crippen LogP) is 4.17. The van der Waals surface area contributed by atoms with E-state index < -0.39 is 0 Å². The van der Waals surface area contributed by atoms with E-state index in [-0.39, 0.29) is 5.91 Å². The first kappa shape index (κ1) is 20.1. The number of amides is 1. The average Bonchev–Trinajstić information content (AvgIpc) is 3.20. The number of carbonyl (C=O) groups is 1. The van der Waals surface area contributed by atoms with E-state index >= 15 is 0 Å². The molecule has 1 aromatic heterocycles. The summed E-state index contributed by atoms with van der Waals surface area (Å²) in [6.45, 7) is 3.76. The maximum Gasteiger partial charge on any atom is 0.256 e. The molecule has 3 aliphatic rings. The summed E-state index contributed by atoms with van der Waals surface area (Å²) in [6, 6.07) is 9.97. The highest BCUT2D eigenvalue weighted by Crippen LogP contribution is 2.33. The highest BCUT2D eigenvalue weighted by Gasteiger charge is 2.30. The minimum atomic E-state index is 0.209. The van der Waals surface area contributed by atoms with Crippen molar-refractivity contribution in [3.05, 3.63) is 36.0 Å². The molecule has 2 heterocycles. The van der Waals surface area contributed by atoms with Crippen LogP contribution in [0.2, 0.25) is 0 Å². The molecule has 1 aromatic carbocycles. The van der Waals surface area contributed by atoms with E-state index in [0.29, 0.717) is 12.1 Å². The number of aromatic nitrogens is 1. The fraction of sp³-hybridized carbons (Fsp3) is 0.640. The molecule has 2 aromatic rings. The Kier molecular flexibility index (Phi) is 5.83. The number of rotatable bonds is 3. The van der Waals surface area contributed by atoms with E-state index in [0.717, 1.165) is 68.9 Å². The molecule has 5 heteroatoms. The zero-order valence-electron chi connectivity index (χ0n) is 18.1. The Hall–Kier alpha value is -1.85. The van der Waals surface area contributed by atoms with Crippen LogP contribution in [0.4, 0.5) is 0 Å². The number of piperazine rings is 1. The fourth-order valence-electron chi connectivity index (χ4n) is 5.96. The second-order valence-corrected chi connectivity index (χ2v) is 9.66. The summed E-state index contributed by atoms with van der Waals surface area (Å²) in [4.78, 5) is 18.2. The van der Waals surface area contributed by atoms with Gasteiger partial charge in [-0.1, -0.05) is 37.5 Å². The molecular formula is C25H36N4O. The van der Waals surface area contributed by atoms with Crippen LogP contribution >= 0.6 is 0 Å². The number of carbonyl (C=O) groups excluding carboxylic acids is 1. The quantitative estimate of drug-likeness (QED) is 0.829. The summed E-state index contributed by atoms with van der Waals surface area (Å²) >= 11 is 0. The standard InChI is InChI=1S/C25H36N4O/c26-19-10-12-21(13-11-19)29-18-23(22-8-4-5-9-24(22)29)25(30)28-16-14-27(15-17-28)20-6-2-1-3-7-20/h4-5,8-9,18-21H,1-3,6-7,10-17,26H2/t19-,21-. The summed E-state index contributed by atoms with van der Waals surface area (Å²) in [5.74, 6) is 0.209. The summed E-state index contributed by atoms with van der Waals surface area (Å²) in [5, 5.41) is 1.10. The number of hydrogen-bond acceptors (Lipinski definition) is 3. The van der Waals surface area contributed by atoms with Crippen LogP contribution in [-0.2, 0) is 0 Å². The van der Waals surface area contributed by atoms with Gasteiger partial charge in [0.25, 0.3) is 5.91 Å². The summed E-state index contributed by atoms with van der Waals surface area (Å²) in [6.07, 6.45) is 13.3. The third kappa shape index (κ3) is 3.90. The smallest absolute Gasteiger partial charge is 0.256 e. The zero-order chi connectivity index (χ0) is 20.5. The van der Waals surface area contributed by atoms with Gasteiger partial charge in [0.1, 0.15) is 0 Å². The van der Waals surface area contributed by atoms with Gasteiger partial charge in [0.2, 0.25) is 0 Å². The van der Waals surface area contributed by atoms with Crippen molar-refractivity contribution in [2.24, 2.45) is 5.73 Å². The lowest BCUT2D eigenvalue weighted by Crippen LogP contribution is -2.52. The van der Waals surface area contributed by atoms with Gasteiger partial charge in [-0.3, -0.25) is 9.69 Å². The average molecular weight is 409 g/mol. The molecule has 5 rings (SSSR count). The van der Waals surface area contributed by atoms with Crippen LogP contribution in [0.15, 0.2) is 30.5 Å². The molecule has 2 aliphatic carbocycles. The van der Waals surface area contributed by atoms with Crippen LogP contribution in [0, 0.1) is 0 Å². The van der Waals surface area contributed by atoms with Crippen molar-refractivity contribution in [1.82, 2.24) is 14.4 Å². The number of benzene rings is 1. The van der Waals surface area contributed by atoms with Crippen LogP contribution in [0.5, 0.6) is 0 Å². The van der Waals surface area contributed by atoms with E-state index in [2.05, 4.69) is 44.8 Å². The number of para-hydroxylation sites is 1. The van der Waals surface area contributed by atoms with Crippen molar-refractivity contribution >= 4 is 16.8 Å².